The van der Waals surface area contributed by atoms with Gasteiger partial charge in [0.25, 0.3) is 0 Å². The lowest BCUT2D eigenvalue weighted by molar-refractivity contribution is -0.00518. The summed E-state index contributed by atoms with van der Waals surface area (Å²) in [6.07, 6.45) is 11.9. The van der Waals surface area contributed by atoms with E-state index in [9.17, 15) is 5.26 Å². The SMILES string of the molecule is N#Cc1ccc(-c2cc(-c3cccc(-c4ccccc4)c3)cc(-c3nc(-c4ccc(C56CC7CC(CC(C7)C5)C6)cc4)nc(-c4cccc(-c5ccncc5)c4)n3)c2)cc1. The van der Waals surface area contributed by atoms with Crippen LogP contribution in [-0.2, 0) is 5.41 Å². The van der Waals surface area contributed by atoms with Crippen LogP contribution in [0.2, 0.25) is 0 Å². The second-order valence-electron chi connectivity index (χ2n) is 17.3. The minimum absolute atomic E-state index is 0.316. The molecule has 288 valence electrons. The van der Waals surface area contributed by atoms with E-state index in [0.29, 0.717) is 28.5 Å². The Kier molecular flexibility index (Phi) is 9.00. The Morgan fingerprint density at radius 3 is 1.45 bits per heavy atom. The molecule has 60 heavy (non-hydrogen) atoms. The zero-order valence-corrected chi connectivity index (χ0v) is 33.4. The molecule has 4 saturated carbocycles. The molecule has 8 aromatic rings. The van der Waals surface area contributed by atoms with E-state index in [1.54, 1.807) is 0 Å². The van der Waals surface area contributed by atoms with Crippen LogP contribution in [0.15, 0.2) is 170 Å². The first-order valence-electron chi connectivity index (χ1n) is 21.2. The van der Waals surface area contributed by atoms with Crippen LogP contribution in [-0.4, -0.2) is 19.9 Å². The molecule has 4 aliphatic carbocycles. The van der Waals surface area contributed by atoms with E-state index in [0.717, 1.165) is 79.0 Å². The molecular formula is C55H43N5. The van der Waals surface area contributed by atoms with Crippen LogP contribution in [0.5, 0.6) is 0 Å². The fourth-order valence-corrected chi connectivity index (χ4v) is 10.9. The largest absolute Gasteiger partial charge is 0.265 e. The fraction of sp³-hybridized carbons (Fsp3) is 0.182. The smallest absolute Gasteiger partial charge is 0.164 e. The van der Waals surface area contributed by atoms with Crippen LogP contribution in [0, 0.1) is 29.1 Å². The van der Waals surface area contributed by atoms with Crippen molar-refractivity contribution in [2.24, 2.45) is 17.8 Å². The van der Waals surface area contributed by atoms with E-state index in [-0.39, 0.29) is 0 Å². The number of nitrogens with zero attached hydrogens (tertiary/aromatic N) is 5. The Labute approximate surface area is 351 Å². The maximum atomic E-state index is 9.58. The van der Waals surface area contributed by atoms with Crippen LogP contribution < -0.4 is 0 Å². The molecule has 0 radical (unpaired) electrons. The number of aromatic nitrogens is 4. The minimum Gasteiger partial charge on any atom is -0.265 e. The van der Waals surface area contributed by atoms with Crippen molar-refractivity contribution in [2.45, 2.75) is 43.9 Å². The first-order valence-corrected chi connectivity index (χ1v) is 21.2. The number of hydrogen-bond acceptors (Lipinski definition) is 5. The van der Waals surface area contributed by atoms with Crippen molar-refractivity contribution in [3.63, 3.8) is 0 Å². The van der Waals surface area contributed by atoms with Crippen molar-refractivity contribution in [3.8, 4) is 84.7 Å². The van der Waals surface area contributed by atoms with Gasteiger partial charge in [0.2, 0.25) is 0 Å². The van der Waals surface area contributed by atoms with Gasteiger partial charge in [0.15, 0.2) is 17.5 Å². The molecule has 5 nitrogen and oxygen atoms in total. The Balaban J connectivity index is 1.06. The molecule has 2 aromatic heterocycles. The van der Waals surface area contributed by atoms with E-state index in [2.05, 4.69) is 126 Å². The van der Waals surface area contributed by atoms with E-state index in [1.807, 2.05) is 54.9 Å². The minimum atomic E-state index is 0.316. The average Bonchev–Trinajstić information content (AvgIpc) is 3.31. The van der Waals surface area contributed by atoms with Crippen LogP contribution in [0.4, 0.5) is 0 Å². The molecule has 0 aliphatic heterocycles. The molecule has 0 N–H and O–H groups in total. The molecule has 0 atom stereocenters. The molecule has 0 unspecified atom stereocenters. The van der Waals surface area contributed by atoms with Gasteiger partial charge in [0.05, 0.1) is 11.6 Å². The summed E-state index contributed by atoms with van der Waals surface area (Å²) in [5.41, 5.74) is 13.8. The van der Waals surface area contributed by atoms with Gasteiger partial charge in [-0.15, -0.1) is 0 Å². The van der Waals surface area contributed by atoms with Gasteiger partial charge in [-0.3, -0.25) is 4.98 Å². The van der Waals surface area contributed by atoms with Crippen molar-refractivity contribution >= 4 is 0 Å². The van der Waals surface area contributed by atoms with Crippen molar-refractivity contribution in [2.75, 3.05) is 0 Å². The Bertz CT molecular complexity index is 2860. The van der Waals surface area contributed by atoms with E-state index in [1.165, 1.54) is 44.1 Å². The van der Waals surface area contributed by atoms with Crippen LogP contribution in [0.25, 0.3) is 78.7 Å². The summed E-state index contributed by atoms with van der Waals surface area (Å²) in [6.45, 7) is 0. The van der Waals surface area contributed by atoms with Gasteiger partial charge in [-0.2, -0.15) is 5.26 Å². The number of pyridine rings is 1. The third-order valence-corrected chi connectivity index (χ3v) is 13.4. The van der Waals surface area contributed by atoms with Crippen molar-refractivity contribution in [1.82, 2.24) is 19.9 Å². The topological polar surface area (TPSA) is 75.3 Å². The third-order valence-electron chi connectivity index (χ3n) is 13.4. The highest BCUT2D eigenvalue weighted by Gasteiger charge is 2.51. The molecule has 4 aliphatic rings. The summed E-state index contributed by atoms with van der Waals surface area (Å²) in [6, 6.07) is 57.5. The van der Waals surface area contributed by atoms with Crippen molar-refractivity contribution in [1.29, 1.82) is 5.26 Å². The zero-order valence-electron chi connectivity index (χ0n) is 33.4. The molecule has 0 amide bonds. The lowest BCUT2D eigenvalue weighted by Gasteiger charge is -2.57. The van der Waals surface area contributed by atoms with Crippen LogP contribution in [0.1, 0.15) is 49.7 Å². The second kappa shape index (κ2) is 15.0. The Hall–Kier alpha value is -7.03. The maximum absolute atomic E-state index is 9.58. The van der Waals surface area contributed by atoms with E-state index >= 15 is 0 Å². The summed E-state index contributed by atoms with van der Waals surface area (Å²) >= 11 is 0. The lowest BCUT2D eigenvalue weighted by atomic mass is 9.48. The third kappa shape index (κ3) is 6.88. The normalized spacial score (nSPS) is 20.1. The first-order chi connectivity index (χ1) is 29.5. The van der Waals surface area contributed by atoms with E-state index < -0.39 is 0 Å². The van der Waals surface area contributed by atoms with Crippen molar-refractivity contribution < 1.29 is 0 Å². The molecule has 4 bridgehead atoms. The predicted molar refractivity (Wildman–Crippen MR) is 240 cm³/mol. The number of benzene rings is 6. The summed E-state index contributed by atoms with van der Waals surface area (Å²) in [4.78, 5) is 20.0. The lowest BCUT2D eigenvalue weighted by Crippen LogP contribution is -2.48. The van der Waals surface area contributed by atoms with Gasteiger partial charge in [-0.25, -0.2) is 15.0 Å². The average molecular weight is 774 g/mol. The molecule has 5 heteroatoms. The fourth-order valence-electron chi connectivity index (χ4n) is 10.9. The maximum Gasteiger partial charge on any atom is 0.164 e. The van der Waals surface area contributed by atoms with Gasteiger partial charge in [-0.05, 0) is 166 Å². The molecule has 4 fully saturated rings. The Morgan fingerprint density at radius 2 is 0.833 bits per heavy atom. The van der Waals surface area contributed by atoms with Gasteiger partial charge in [0, 0.05) is 29.1 Å². The highest BCUT2D eigenvalue weighted by Crippen LogP contribution is 2.60. The van der Waals surface area contributed by atoms with E-state index in [4.69, 9.17) is 15.0 Å². The molecule has 12 rings (SSSR count). The first kappa shape index (κ1) is 36.1. The summed E-state index contributed by atoms with van der Waals surface area (Å²) < 4.78 is 0. The second-order valence-corrected chi connectivity index (χ2v) is 17.3. The highest BCUT2D eigenvalue weighted by atomic mass is 15.0. The summed E-state index contributed by atoms with van der Waals surface area (Å²) in [5, 5.41) is 9.58. The highest BCUT2D eigenvalue weighted by molar-refractivity contribution is 5.82. The monoisotopic (exact) mass is 773 g/mol. The molecule has 2 heterocycles. The standard InChI is InChI=1S/C55H43N5/c56-35-36-12-14-41(15-13-36)48-29-49(46-10-4-8-44(27-46)40-6-2-1-3-7-40)31-50(30-48)54-59-52(58-53(60-54)47-11-5-9-45(28-47)42-20-22-57-23-21-42)43-16-18-51(19-17-43)55-32-37-24-38(33-55)26-39(25-37)34-55/h1-23,27-31,37-39H,24-26,32-34H2. The molecular weight excluding hydrogens is 731 g/mol. The summed E-state index contributed by atoms with van der Waals surface area (Å²) in [5.74, 6) is 4.53. The molecule has 0 spiro atoms. The molecule has 6 aromatic carbocycles. The van der Waals surface area contributed by atoms with Gasteiger partial charge < -0.3 is 0 Å². The van der Waals surface area contributed by atoms with Gasteiger partial charge in [0.1, 0.15) is 0 Å². The predicted octanol–water partition coefficient (Wildman–Crippen LogP) is 13.3. The zero-order chi connectivity index (χ0) is 40.0. The quantitative estimate of drug-likeness (QED) is 0.154. The van der Waals surface area contributed by atoms with Gasteiger partial charge in [-0.1, -0.05) is 103 Å². The number of hydrogen-bond donors (Lipinski definition) is 0. The number of rotatable bonds is 8. The summed E-state index contributed by atoms with van der Waals surface area (Å²) in [7, 11) is 0. The molecule has 0 saturated heterocycles. The van der Waals surface area contributed by atoms with Gasteiger partial charge >= 0.3 is 0 Å². The van der Waals surface area contributed by atoms with Crippen molar-refractivity contribution in [3.05, 3.63) is 181 Å². The van der Waals surface area contributed by atoms with Crippen LogP contribution >= 0.6 is 0 Å². The van der Waals surface area contributed by atoms with Crippen LogP contribution in [0.3, 0.4) is 0 Å². The Morgan fingerprint density at radius 1 is 0.400 bits per heavy atom. The number of nitriles is 1.